The third kappa shape index (κ3) is 4.00. The van der Waals surface area contributed by atoms with Crippen LogP contribution in [0.3, 0.4) is 0 Å². The molecule has 0 aliphatic rings. The molecule has 0 fully saturated rings. The maximum atomic E-state index is 10.8. The van der Waals surface area contributed by atoms with Crippen molar-refractivity contribution in [2.24, 2.45) is 0 Å². The van der Waals surface area contributed by atoms with Crippen molar-refractivity contribution in [2.75, 3.05) is 0 Å². The normalized spacial score (nSPS) is 10.1. The molecule has 0 saturated heterocycles. The molecule has 0 aromatic heterocycles. The van der Waals surface area contributed by atoms with Gasteiger partial charge in [0, 0.05) is 6.08 Å². The van der Waals surface area contributed by atoms with Gasteiger partial charge in [-0.2, -0.15) is 0 Å². The summed E-state index contributed by atoms with van der Waals surface area (Å²) in [5, 5.41) is 0. The molecule has 0 saturated carbocycles. The summed E-state index contributed by atoms with van der Waals surface area (Å²) in [5.41, 5.74) is 0.906. The van der Waals surface area contributed by atoms with Crippen LogP contribution < -0.4 is 4.74 Å². The molecular formula is C13H14O3. The van der Waals surface area contributed by atoms with Crippen molar-refractivity contribution in [3.63, 3.8) is 0 Å². The van der Waals surface area contributed by atoms with Crippen molar-refractivity contribution in [2.45, 2.75) is 13.5 Å². The molecule has 0 aliphatic carbocycles. The van der Waals surface area contributed by atoms with E-state index in [1.54, 1.807) is 12.3 Å². The van der Waals surface area contributed by atoms with Crippen LogP contribution in [0, 0.1) is 0 Å². The molecule has 1 rings (SSSR count). The second-order valence-corrected chi connectivity index (χ2v) is 3.04. The van der Waals surface area contributed by atoms with Crippen LogP contribution in [0.15, 0.2) is 49.3 Å². The maximum absolute atomic E-state index is 10.8. The molecule has 16 heavy (non-hydrogen) atoms. The molecule has 1 aromatic carbocycles. The molecule has 0 aliphatic heterocycles. The Morgan fingerprint density at radius 2 is 2.06 bits per heavy atom. The first-order chi connectivity index (χ1) is 7.76. The van der Waals surface area contributed by atoms with Crippen molar-refractivity contribution in [3.8, 4) is 5.75 Å². The van der Waals surface area contributed by atoms with Crippen molar-refractivity contribution in [1.82, 2.24) is 0 Å². The molecular weight excluding hydrogens is 204 g/mol. The number of carbonyl (C=O) groups is 1. The van der Waals surface area contributed by atoms with Crippen LogP contribution in [-0.2, 0) is 16.1 Å². The Bertz CT molecular complexity index is 377. The van der Waals surface area contributed by atoms with Gasteiger partial charge in [0.25, 0.3) is 0 Å². The number of ether oxygens (including phenoxy) is 2. The van der Waals surface area contributed by atoms with Gasteiger partial charge in [-0.3, -0.25) is 0 Å². The summed E-state index contributed by atoms with van der Waals surface area (Å²) in [6.45, 7) is 5.44. The van der Waals surface area contributed by atoms with E-state index in [0.717, 1.165) is 17.4 Å². The summed E-state index contributed by atoms with van der Waals surface area (Å²) in [6, 6.07) is 7.32. The van der Waals surface area contributed by atoms with Crippen LogP contribution >= 0.6 is 0 Å². The Labute approximate surface area is 95.0 Å². The molecule has 3 nitrogen and oxygen atoms in total. The third-order valence-corrected chi connectivity index (χ3v) is 1.81. The summed E-state index contributed by atoms with van der Waals surface area (Å²) < 4.78 is 10.1. The predicted octanol–water partition coefficient (Wildman–Crippen LogP) is 2.83. The fourth-order valence-corrected chi connectivity index (χ4v) is 1.02. The highest BCUT2D eigenvalue weighted by Gasteiger charge is 1.98. The number of hydrogen-bond donors (Lipinski definition) is 0. The Balaban J connectivity index is 2.50. The highest BCUT2D eigenvalue weighted by Crippen LogP contribution is 2.13. The van der Waals surface area contributed by atoms with Gasteiger partial charge in [-0.1, -0.05) is 24.8 Å². The molecule has 3 heteroatoms. The number of rotatable bonds is 5. The van der Waals surface area contributed by atoms with Crippen molar-refractivity contribution < 1.29 is 14.3 Å². The smallest absolute Gasteiger partial charge is 0.330 e. The molecule has 0 spiro atoms. The second kappa shape index (κ2) is 6.45. The minimum absolute atomic E-state index is 0.245. The molecule has 0 heterocycles. The van der Waals surface area contributed by atoms with E-state index in [4.69, 9.17) is 9.47 Å². The molecule has 0 unspecified atom stereocenters. The molecule has 84 valence electrons. The summed E-state index contributed by atoms with van der Waals surface area (Å²) in [4.78, 5) is 10.8. The summed E-state index contributed by atoms with van der Waals surface area (Å²) in [5.74, 6) is 0.325. The molecule has 0 amide bonds. The minimum atomic E-state index is -0.422. The lowest BCUT2D eigenvalue weighted by Gasteiger charge is -2.03. The molecule has 0 atom stereocenters. The topological polar surface area (TPSA) is 35.5 Å². The minimum Gasteiger partial charge on any atom is -0.465 e. The Morgan fingerprint density at radius 3 is 2.62 bits per heavy atom. The molecule has 0 bridgehead atoms. The fraction of sp³-hybridized carbons (Fsp3) is 0.154. The van der Waals surface area contributed by atoms with Crippen LogP contribution in [0.1, 0.15) is 12.5 Å². The van der Waals surface area contributed by atoms with Crippen molar-refractivity contribution in [1.29, 1.82) is 0 Å². The Morgan fingerprint density at radius 1 is 1.38 bits per heavy atom. The standard InChI is InChI=1S/C13H14O3/c1-3-9-15-12-7-5-11(6-8-12)10-16-13(14)4-2/h3-9H,2,10H2,1H3/b9-3+. The van der Waals surface area contributed by atoms with E-state index in [1.165, 1.54) is 0 Å². The Kier molecular flexibility index (Phi) is 4.86. The van der Waals surface area contributed by atoms with Gasteiger partial charge in [-0.15, -0.1) is 0 Å². The van der Waals surface area contributed by atoms with Crippen LogP contribution in [0.4, 0.5) is 0 Å². The maximum Gasteiger partial charge on any atom is 0.330 e. The first-order valence-electron chi connectivity index (χ1n) is 4.92. The van der Waals surface area contributed by atoms with E-state index in [2.05, 4.69) is 6.58 Å². The Hall–Kier alpha value is -2.03. The van der Waals surface area contributed by atoms with Gasteiger partial charge in [-0.05, 0) is 24.6 Å². The van der Waals surface area contributed by atoms with Crippen molar-refractivity contribution >= 4 is 5.97 Å². The summed E-state index contributed by atoms with van der Waals surface area (Å²) >= 11 is 0. The van der Waals surface area contributed by atoms with E-state index in [1.807, 2.05) is 31.2 Å². The van der Waals surface area contributed by atoms with E-state index in [-0.39, 0.29) is 6.61 Å². The van der Waals surface area contributed by atoms with Gasteiger partial charge in [0.2, 0.25) is 0 Å². The van der Waals surface area contributed by atoms with Crippen LogP contribution in [0.25, 0.3) is 0 Å². The van der Waals surface area contributed by atoms with Gasteiger partial charge in [-0.25, -0.2) is 4.79 Å². The van der Waals surface area contributed by atoms with Gasteiger partial charge < -0.3 is 9.47 Å². The quantitative estimate of drug-likeness (QED) is 0.433. The highest BCUT2D eigenvalue weighted by molar-refractivity contribution is 5.81. The number of carbonyl (C=O) groups excluding carboxylic acids is 1. The van der Waals surface area contributed by atoms with Crippen LogP contribution in [0.2, 0.25) is 0 Å². The number of hydrogen-bond acceptors (Lipinski definition) is 3. The van der Waals surface area contributed by atoms with Gasteiger partial charge >= 0.3 is 5.97 Å². The van der Waals surface area contributed by atoms with Gasteiger partial charge in [0.15, 0.2) is 0 Å². The van der Waals surface area contributed by atoms with Gasteiger partial charge in [0.05, 0.1) is 6.26 Å². The second-order valence-electron chi connectivity index (χ2n) is 3.04. The SMILES string of the molecule is C=CC(=O)OCc1ccc(O/C=C/C)cc1. The lowest BCUT2D eigenvalue weighted by molar-refractivity contribution is -0.138. The highest BCUT2D eigenvalue weighted by atomic mass is 16.5. The van der Waals surface area contributed by atoms with Crippen LogP contribution in [-0.4, -0.2) is 5.97 Å². The molecule has 1 aromatic rings. The average Bonchev–Trinajstić information content (AvgIpc) is 2.34. The third-order valence-electron chi connectivity index (χ3n) is 1.81. The lowest BCUT2D eigenvalue weighted by Crippen LogP contribution is -1.99. The monoisotopic (exact) mass is 218 g/mol. The number of allylic oxidation sites excluding steroid dienone is 1. The van der Waals surface area contributed by atoms with E-state index < -0.39 is 5.97 Å². The largest absolute Gasteiger partial charge is 0.465 e. The predicted molar refractivity (Wildman–Crippen MR) is 61.9 cm³/mol. The first-order valence-corrected chi connectivity index (χ1v) is 4.92. The van der Waals surface area contributed by atoms with E-state index >= 15 is 0 Å². The zero-order valence-electron chi connectivity index (χ0n) is 9.18. The summed E-state index contributed by atoms with van der Waals surface area (Å²) in [6.07, 6.45) is 4.55. The number of benzene rings is 1. The zero-order chi connectivity index (χ0) is 11.8. The fourth-order valence-electron chi connectivity index (χ4n) is 1.02. The van der Waals surface area contributed by atoms with E-state index in [0.29, 0.717) is 0 Å². The summed E-state index contributed by atoms with van der Waals surface area (Å²) in [7, 11) is 0. The number of esters is 1. The van der Waals surface area contributed by atoms with Crippen molar-refractivity contribution in [3.05, 3.63) is 54.8 Å². The molecule has 0 radical (unpaired) electrons. The lowest BCUT2D eigenvalue weighted by atomic mass is 10.2. The molecule has 0 N–H and O–H groups in total. The first kappa shape index (κ1) is 12.0. The zero-order valence-corrected chi connectivity index (χ0v) is 9.18. The average molecular weight is 218 g/mol. The van der Waals surface area contributed by atoms with E-state index in [9.17, 15) is 4.79 Å². The van der Waals surface area contributed by atoms with Gasteiger partial charge in [0.1, 0.15) is 12.4 Å². The van der Waals surface area contributed by atoms with Crippen LogP contribution in [0.5, 0.6) is 5.75 Å².